The van der Waals surface area contributed by atoms with Crippen molar-refractivity contribution in [1.29, 1.82) is 0 Å². The Bertz CT molecular complexity index is 1020. The summed E-state index contributed by atoms with van der Waals surface area (Å²) in [5.41, 5.74) is 1.36. The Kier molecular flexibility index (Phi) is 6.19. The Morgan fingerprint density at radius 1 is 1.43 bits per heavy atom. The topological polar surface area (TPSA) is 61.2 Å². The Hall–Kier alpha value is -3.02. The second kappa shape index (κ2) is 8.78. The van der Waals surface area contributed by atoms with Crippen molar-refractivity contribution < 1.29 is 13.9 Å². The quantitative estimate of drug-likeness (QED) is 0.530. The number of methoxy groups -OCH3 is 1. The van der Waals surface area contributed by atoms with Crippen LogP contribution in [0.15, 0.2) is 53.6 Å². The van der Waals surface area contributed by atoms with Crippen LogP contribution >= 0.6 is 0 Å². The number of carbonyl (C=O) groups is 1. The number of hydrogen-bond donors (Lipinski definition) is 0. The standard InChI is InChI=1S/C22H23FN2O3/c1-3-15-8-13-18-19(14-15)24-20(6-4-5-7-21(26)28-2)25(22(18)27)17-11-9-16(23)10-12-17/h3,8-11,13-14,17H,1,4-7,12H2,2H3. The van der Waals surface area contributed by atoms with Crippen molar-refractivity contribution in [3.63, 3.8) is 0 Å². The monoisotopic (exact) mass is 382 g/mol. The number of unbranched alkanes of at least 4 members (excludes halogenated alkanes) is 1. The van der Waals surface area contributed by atoms with E-state index in [0.29, 0.717) is 48.8 Å². The molecule has 6 heteroatoms. The van der Waals surface area contributed by atoms with Gasteiger partial charge in [-0.05, 0) is 49.1 Å². The zero-order chi connectivity index (χ0) is 20.1. The van der Waals surface area contributed by atoms with E-state index in [1.807, 2.05) is 12.1 Å². The molecule has 2 aromatic rings. The molecule has 1 aliphatic rings. The van der Waals surface area contributed by atoms with Gasteiger partial charge >= 0.3 is 5.97 Å². The minimum absolute atomic E-state index is 0.145. The first kappa shape index (κ1) is 19.7. The molecule has 3 rings (SSSR count). The predicted molar refractivity (Wildman–Crippen MR) is 108 cm³/mol. The lowest BCUT2D eigenvalue weighted by Gasteiger charge is -2.21. The number of nitrogens with zero attached hydrogens (tertiary/aromatic N) is 2. The first-order chi connectivity index (χ1) is 13.5. The van der Waals surface area contributed by atoms with Crippen molar-refractivity contribution in [1.82, 2.24) is 9.55 Å². The number of allylic oxidation sites excluding steroid dienone is 4. The molecule has 28 heavy (non-hydrogen) atoms. The summed E-state index contributed by atoms with van der Waals surface area (Å²) in [6.07, 6.45) is 8.85. The highest BCUT2D eigenvalue weighted by Crippen LogP contribution is 2.24. The molecule has 1 aliphatic carbocycles. The average Bonchev–Trinajstić information content (AvgIpc) is 2.71. The van der Waals surface area contributed by atoms with Crippen molar-refractivity contribution >= 4 is 22.9 Å². The predicted octanol–water partition coefficient (Wildman–Crippen LogP) is 4.28. The van der Waals surface area contributed by atoms with Gasteiger partial charge in [-0.15, -0.1) is 0 Å². The summed E-state index contributed by atoms with van der Waals surface area (Å²) in [4.78, 5) is 29.2. The second-order valence-electron chi connectivity index (χ2n) is 6.72. The number of aromatic nitrogens is 2. The van der Waals surface area contributed by atoms with Crippen LogP contribution in [0.1, 0.15) is 43.1 Å². The van der Waals surface area contributed by atoms with Gasteiger partial charge in [-0.1, -0.05) is 24.8 Å². The Labute approximate surface area is 162 Å². The van der Waals surface area contributed by atoms with E-state index >= 15 is 0 Å². The minimum Gasteiger partial charge on any atom is -0.469 e. The zero-order valence-electron chi connectivity index (χ0n) is 15.9. The summed E-state index contributed by atoms with van der Waals surface area (Å²) in [7, 11) is 1.37. The molecular weight excluding hydrogens is 359 g/mol. The molecule has 146 valence electrons. The molecular formula is C22H23FN2O3. The van der Waals surface area contributed by atoms with Crippen LogP contribution in [0.5, 0.6) is 0 Å². The maximum absolute atomic E-state index is 13.4. The maximum Gasteiger partial charge on any atom is 0.305 e. The number of halogens is 1. The molecule has 0 bridgehead atoms. The molecule has 1 atom stereocenters. The van der Waals surface area contributed by atoms with E-state index in [1.54, 1.807) is 22.8 Å². The van der Waals surface area contributed by atoms with E-state index in [0.717, 1.165) is 5.56 Å². The molecule has 0 amide bonds. The molecule has 1 heterocycles. The van der Waals surface area contributed by atoms with Gasteiger partial charge < -0.3 is 4.74 Å². The third-order valence-corrected chi connectivity index (χ3v) is 4.86. The number of benzene rings is 1. The SMILES string of the molecule is C=Cc1ccc2c(=O)n(C3C=CC(F)=CC3)c(CCCCC(=O)OC)nc2c1. The van der Waals surface area contributed by atoms with Gasteiger partial charge in [-0.25, -0.2) is 9.37 Å². The zero-order valence-corrected chi connectivity index (χ0v) is 15.9. The highest BCUT2D eigenvalue weighted by molar-refractivity contribution is 5.80. The summed E-state index contributed by atoms with van der Waals surface area (Å²) in [6, 6.07) is 5.14. The lowest BCUT2D eigenvalue weighted by atomic mass is 10.1. The van der Waals surface area contributed by atoms with E-state index in [-0.39, 0.29) is 23.4 Å². The van der Waals surface area contributed by atoms with Gasteiger partial charge in [0.2, 0.25) is 0 Å². The largest absolute Gasteiger partial charge is 0.469 e. The number of esters is 1. The van der Waals surface area contributed by atoms with Crippen molar-refractivity contribution in [2.45, 2.75) is 38.1 Å². The number of hydrogen-bond acceptors (Lipinski definition) is 4. The van der Waals surface area contributed by atoms with Crippen LogP contribution in [0.4, 0.5) is 4.39 Å². The normalized spacial score (nSPS) is 16.1. The molecule has 0 saturated carbocycles. The molecule has 0 spiro atoms. The number of rotatable bonds is 7. The minimum atomic E-state index is -0.298. The van der Waals surface area contributed by atoms with Crippen molar-refractivity contribution in [2.75, 3.05) is 7.11 Å². The maximum atomic E-state index is 13.4. The third-order valence-electron chi connectivity index (χ3n) is 4.86. The molecule has 0 N–H and O–H groups in total. The molecule has 0 saturated heterocycles. The van der Waals surface area contributed by atoms with Crippen LogP contribution in [0, 0.1) is 0 Å². The van der Waals surface area contributed by atoms with Gasteiger partial charge in [0, 0.05) is 12.8 Å². The van der Waals surface area contributed by atoms with E-state index in [1.165, 1.54) is 19.3 Å². The molecule has 0 radical (unpaired) electrons. The molecule has 0 fully saturated rings. The van der Waals surface area contributed by atoms with Gasteiger partial charge in [0.15, 0.2) is 0 Å². The Balaban J connectivity index is 1.98. The highest BCUT2D eigenvalue weighted by Gasteiger charge is 2.19. The molecule has 1 aromatic carbocycles. The molecule has 5 nitrogen and oxygen atoms in total. The summed E-state index contributed by atoms with van der Waals surface area (Å²) >= 11 is 0. The van der Waals surface area contributed by atoms with Crippen LogP contribution in [0.3, 0.4) is 0 Å². The lowest BCUT2D eigenvalue weighted by molar-refractivity contribution is -0.140. The Morgan fingerprint density at radius 2 is 2.25 bits per heavy atom. The van der Waals surface area contributed by atoms with Gasteiger partial charge in [0.1, 0.15) is 11.7 Å². The van der Waals surface area contributed by atoms with E-state index in [9.17, 15) is 14.0 Å². The van der Waals surface area contributed by atoms with Crippen LogP contribution < -0.4 is 5.56 Å². The first-order valence-electron chi connectivity index (χ1n) is 9.31. The van der Waals surface area contributed by atoms with Crippen LogP contribution in [-0.2, 0) is 16.0 Å². The van der Waals surface area contributed by atoms with Crippen LogP contribution in [0.2, 0.25) is 0 Å². The van der Waals surface area contributed by atoms with Crippen LogP contribution in [0.25, 0.3) is 17.0 Å². The van der Waals surface area contributed by atoms with Gasteiger partial charge in [0.05, 0.1) is 24.1 Å². The van der Waals surface area contributed by atoms with Gasteiger partial charge in [-0.3, -0.25) is 14.2 Å². The number of fused-ring (bicyclic) bond motifs is 1. The van der Waals surface area contributed by atoms with E-state index < -0.39 is 0 Å². The lowest BCUT2D eigenvalue weighted by Crippen LogP contribution is -2.29. The molecule has 0 aliphatic heterocycles. The van der Waals surface area contributed by atoms with Crippen LogP contribution in [-0.4, -0.2) is 22.6 Å². The number of aryl methyl sites for hydroxylation is 1. The fraction of sp³-hybridized carbons (Fsp3) is 0.318. The number of carbonyl (C=O) groups excluding carboxylic acids is 1. The summed E-state index contributed by atoms with van der Waals surface area (Å²) in [6.45, 7) is 3.76. The summed E-state index contributed by atoms with van der Waals surface area (Å²) in [5, 5.41) is 0.521. The molecule has 1 aromatic heterocycles. The van der Waals surface area contributed by atoms with Gasteiger partial charge in [0.25, 0.3) is 5.56 Å². The fourth-order valence-electron chi connectivity index (χ4n) is 3.34. The summed E-state index contributed by atoms with van der Waals surface area (Å²) in [5.74, 6) is 0.0811. The number of ether oxygens (including phenoxy) is 1. The van der Waals surface area contributed by atoms with E-state index in [4.69, 9.17) is 4.98 Å². The highest BCUT2D eigenvalue weighted by atomic mass is 19.1. The van der Waals surface area contributed by atoms with Gasteiger partial charge in [-0.2, -0.15) is 0 Å². The second-order valence-corrected chi connectivity index (χ2v) is 6.72. The fourth-order valence-corrected chi connectivity index (χ4v) is 3.34. The first-order valence-corrected chi connectivity index (χ1v) is 9.31. The average molecular weight is 382 g/mol. The summed E-state index contributed by atoms with van der Waals surface area (Å²) < 4.78 is 19.7. The Morgan fingerprint density at radius 3 is 2.93 bits per heavy atom. The van der Waals surface area contributed by atoms with Crippen molar-refractivity contribution in [3.8, 4) is 0 Å². The third kappa shape index (κ3) is 4.27. The molecule has 1 unspecified atom stereocenters. The van der Waals surface area contributed by atoms with Crippen molar-refractivity contribution in [3.05, 3.63) is 70.6 Å². The smallest absolute Gasteiger partial charge is 0.305 e. The van der Waals surface area contributed by atoms with Crippen molar-refractivity contribution in [2.24, 2.45) is 0 Å². The van der Waals surface area contributed by atoms with E-state index in [2.05, 4.69) is 11.3 Å².